The smallest absolute Gasteiger partial charge is 0.00979 e. The van der Waals surface area contributed by atoms with Crippen molar-refractivity contribution in [1.82, 2.24) is 10.2 Å². The van der Waals surface area contributed by atoms with E-state index in [9.17, 15) is 0 Å². The molecule has 118 valence electrons. The summed E-state index contributed by atoms with van der Waals surface area (Å²) in [6, 6.07) is 0.887. The van der Waals surface area contributed by atoms with Crippen LogP contribution in [0.25, 0.3) is 0 Å². The Bertz CT molecular complexity index is 286. The first kappa shape index (κ1) is 16.3. The fourth-order valence-corrected chi connectivity index (χ4v) is 3.82. The van der Waals surface area contributed by atoms with Gasteiger partial charge in [0.05, 0.1) is 0 Å². The molecule has 0 bridgehead atoms. The molecule has 1 aliphatic heterocycles. The summed E-state index contributed by atoms with van der Waals surface area (Å²) >= 11 is 0. The Morgan fingerprint density at radius 2 is 1.60 bits per heavy atom. The molecule has 3 atom stereocenters. The molecule has 1 saturated carbocycles. The van der Waals surface area contributed by atoms with Crippen molar-refractivity contribution in [2.45, 2.75) is 78.3 Å². The van der Waals surface area contributed by atoms with Crippen LogP contribution in [0, 0.1) is 17.8 Å². The van der Waals surface area contributed by atoms with Gasteiger partial charge in [0.15, 0.2) is 0 Å². The van der Waals surface area contributed by atoms with Gasteiger partial charge in [-0.25, -0.2) is 0 Å². The molecule has 3 unspecified atom stereocenters. The third-order valence-electron chi connectivity index (χ3n) is 5.66. The molecule has 2 heteroatoms. The van der Waals surface area contributed by atoms with Crippen LogP contribution in [0.1, 0.15) is 66.7 Å². The number of likely N-dealkylation sites (tertiary alicyclic amines) is 1. The van der Waals surface area contributed by atoms with Gasteiger partial charge in [0, 0.05) is 11.6 Å². The molecule has 2 nitrogen and oxygen atoms in total. The summed E-state index contributed by atoms with van der Waals surface area (Å²) in [4.78, 5) is 2.80. The lowest BCUT2D eigenvalue weighted by Gasteiger charge is -2.42. The second kappa shape index (κ2) is 6.79. The zero-order chi connectivity index (χ0) is 14.8. The van der Waals surface area contributed by atoms with Gasteiger partial charge in [0.25, 0.3) is 0 Å². The standard InChI is InChI=1S/C18H36N2/c1-14-6-7-17(12-15(14)2)20-10-8-16(9-11-20)13-19-18(3,4)5/h14-17,19H,6-13H2,1-5H3. The van der Waals surface area contributed by atoms with Gasteiger partial charge in [-0.15, -0.1) is 0 Å². The van der Waals surface area contributed by atoms with E-state index in [1.54, 1.807) is 0 Å². The van der Waals surface area contributed by atoms with Crippen molar-refractivity contribution in [3.05, 3.63) is 0 Å². The van der Waals surface area contributed by atoms with Gasteiger partial charge in [-0.1, -0.05) is 13.8 Å². The van der Waals surface area contributed by atoms with Crippen molar-refractivity contribution in [3.8, 4) is 0 Å². The lowest BCUT2D eigenvalue weighted by atomic mass is 9.78. The molecule has 2 rings (SSSR count). The highest BCUT2D eigenvalue weighted by Gasteiger charge is 2.31. The normalized spacial score (nSPS) is 34.4. The molecule has 0 radical (unpaired) electrons. The lowest BCUT2D eigenvalue weighted by Crippen LogP contribution is -2.47. The number of nitrogens with zero attached hydrogens (tertiary/aromatic N) is 1. The van der Waals surface area contributed by atoms with Crippen LogP contribution in [-0.2, 0) is 0 Å². The lowest BCUT2D eigenvalue weighted by molar-refractivity contribution is 0.0746. The minimum absolute atomic E-state index is 0.270. The largest absolute Gasteiger partial charge is 0.312 e. The Morgan fingerprint density at radius 1 is 0.950 bits per heavy atom. The van der Waals surface area contributed by atoms with E-state index in [1.165, 1.54) is 51.7 Å². The Hall–Kier alpha value is -0.0800. The monoisotopic (exact) mass is 280 g/mol. The van der Waals surface area contributed by atoms with Crippen molar-refractivity contribution in [2.24, 2.45) is 17.8 Å². The quantitative estimate of drug-likeness (QED) is 0.843. The van der Waals surface area contributed by atoms with E-state index in [-0.39, 0.29) is 5.54 Å². The maximum absolute atomic E-state index is 3.68. The van der Waals surface area contributed by atoms with Crippen molar-refractivity contribution in [1.29, 1.82) is 0 Å². The van der Waals surface area contributed by atoms with Gasteiger partial charge in [-0.3, -0.25) is 0 Å². The predicted molar refractivity (Wildman–Crippen MR) is 88.0 cm³/mol. The summed E-state index contributed by atoms with van der Waals surface area (Å²) in [6.07, 6.45) is 7.10. The summed E-state index contributed by atoms with van der Waals surface area (Å²) in [6.45, 7) is 15.6. The average molecular weight is 280 g/mol. The Morgan fingerprint density at radius 3 is 2.15 bits per heavy atom. The van der Waals surface area contributed by atoms with E-state index < -0.39 is 0 Å². The predicted octanol–water partition coefficient (Wildman–Crippen LogP) is 3.91. The molecular weight excluding hydrogens is 244 g/mol. The minimum atomic E-state index is 0.270. The second-order valence-electron chi connectivity index (χ2n) is 8.53. The third-order valence-corrected chi connectivity index (χ3v) is 5.66. The number of rotatable bonds is 3. The third kappa shape index (κ3) is 4.73. The van der Waals surface area contributed by atoms with Crippen molar-refractivity contribution < 1.29 is 0 Å². The van der Waals surface area contributed by atoms with Crippen molar-refractivity contribution >= 4 is 0 Å². The summed E-state index contributed by atoms with van der Waals surface area (Å²) in [5.74, 6) is 2.76. The number of nitrogens with one attached hydrogen (secondary N) is 1. The van der Waals surface area contributed by atoms with Gasteiger partial charge in [-0.05, 0) is 90.3 Å². The van der Waals surface area contributed by atoms with E-state index in [0.29, 0.717) is 0 Å². The summed E-state index contributed by atoms with van der Waals surface area (Å²) < 4.78 is 0. The number of hydrogen-bond donors (Lipinski definition) is 1. The first-order chi connectivity index (χ1) is 9.35. The number of hydrogen-bond acceptors (Lipinski definition) is 2. The van der Waals surface area contributed by atoms with Gasteiger partial charge in [-0.2, -0.15) is 0 Å². The second-order valence-corrected chi connectivity index (χ2v) is 8.53. The highest BCUT2D eigenvalue weighted by Crippen LogP contribution is 2.33. The molecule has 2 fully saturated rings. The van der Waals surface area contributed by atoms with Gasteiger partial charge >= 0.3 is 0 Å². The summed E-state index contributed by atoms with van der Waals surface area (Å²) in [5.41, 5.74) is 0.270. The van der Waals surface area contributed by atoms with E-state index >= 15 is 0 Å². The van der Waals surface area contributed by atoms with Crippen LogP contribution in [0.15, 0.2) is 0 Å². The SMILES string of the molecule is CC1CCC(N2CCC(CNC(C)(C)C)CC2)CC1C. The van der Waals surface area contributed by atoms with Gasteiger partial charge in [0.1, 0.15) is 0 Å². The van der Waals surface area contributed by atoms with Gasteiger partial charge < -0.3 is 10.2 Å². The van der Waals surface area contributed by atoms with E-state index in [1.807, 2.05) is 0 Å². The molecule has 1 aliphatic carbocycles. The fourth-order valence-electron chi connectivity index (χ4n) is 3.82. The molecule has 0 aromatic heterocycles. The fraction of sp³-hybridized carbons (Fsp3) is 1.00. The van der Waals surface area contributed by atoms with Crippen molar-refractivity contribution in [3.63, 3.8) is 0 Å². The maximum atomic E-state index is 3.68. The average Bonchev–Trinajstić information content (AvgIpc) is 2.39. The van der Waals surface area contributed by atoms with Crippen LogP contribution in [0.4, 0.5) is 0 Å². The summed E-state index contributed by atoms with van der Waals surface area (Å²) in [5, 5.41) is 3.68. The maximum Gasteiger partial charge on any atom is 0.00979 e. The summed E-state index contributed by atoms with van der Waals surface area (Å²) in [7, 11) is 0. The van der Waals surface area contributed by atoms with Crippen LogP contribution < -0.4 is 5.32 Å². The molecule has 20 heavy (non-hydrogen) atoms. The van der Waals surface area contributed by atoms with E-state index in [4.69, 9.17) is 0 Å². The van der Waals surface area contributed by atoms with Crippen LogP contribution in [0.2, 0.25) is 0 Å². The first-order valence-corrected chi connectivity index (χ1v) is 8.84. The van der Waals surface area contributed by atoms with Crippen LogP contribution in [0.5, 0.6) is 0 Å². The Kier molecular flexibility index (Phi) is 5.53. The van der Waals surface area contributed by atoms with E-state index in [2.05, 4.69) is 44.8 Å². The number of piperidine rings is 1. The van der Waals surface area contributed by atoms with Crippen molar-refractivity contribution in [2.75, 3.05) is 19.6 Å². The molecule has 1 N–H and O–H groups in total. The minimum Gasteiger partial charge on any atom is -0.312 e. The Labute approximate surface area is 126 Å². The van der Waals surface area contributed by atoms with E-state index in [0.717, 1.165) is 23.8 Å². The molecule has 1 saturated heterocycles. The van der Waals surface area contributed by atoms with Crippen LogP contribution >= 0.6 is 0 Å². The molecule has 0 aromatic carbocycles. The van der Waals surface area contributed by atoms with Crippen LogP contribution in [0.3, 0.4) is 0 Å². The topological polar surface area (TPSA) is 15.3 Å². The molecule has 1 heterocycles. The molecular formula is C18H36N2. The highest BCUT2D eigenvalue weighted by molar-refractivity contribution is 4.85. The van der Waals surface area contributed by atoms with Gasteiger partial charge in [0.2, 0.25) is 0 Å². The first-order valence-electron chi connectivity index (χ1n) is 8.84. The molecule has 2 aliphatic rings. The molecule has 0 aromatic rings. The Balaban J connectivity index is 1.71. The molecule has 0 amide bonds. The highest BCUT2D eigenvalue weighted by atomic mass is 15.2. The zero-order valence-electron chi connectivity index (χ0n) is 14.4. The zero-order valence-corrected chi connectivity index (χ0v) is 14.4. The van der Waals surface area contributed by atoms with Crippen LogP contribution in [-0.4, -0.2) is 36.1 Å². The molecule has 0 spiro atoms.